The first-order valence-electron chi connectivity index (χ1n) is 9.46. The highest BCUT2D eigenvalue weighted by molar-refractivity contribution is 5.93. The van der Waals surface area contributed by atoms with E-state index in [-0.39, 0.29) is 18.4 Å². The smallest absolute Gasteiger partial charge is 0.272 e. The first-order valence-corrected chi connectivity index (χ1v) is 9.46. The van der Waals surface area contributed by atoms with Gasteiger partial charge in [-0.1, -0.05) is 18.2 Å². The summed E-state index contributed by atoms with van der Waals surface area (Å²) >= 11 is 0. The Morgan fingerprint density at radius 1 is 1.32 bits per heavy atom. The Balaban J connectivity index is 1.53. The summed E-state index contributed by atoms with van der Waals surface area (Å²) in [5.41, 5.74) is 1.55. The van der Waals surface area contributed by atoms with Gasteiger partial charge in [0.25, 0.3) is 11.8 Å². The second-order valence-corrected chi connectivity index (χ2v) is 6.50. The average molecular weight is 386 g/mol. The number of hydrogen-bond acceptors (Lipinski definition) is 5. The van der Waals surface area contributed by atoms with Gasteiger partial charge in [0.2, 0.25) is 0 Å². The highest BCUT2D eigenvalue weighted by Gasteiger charge is 2.30. The minimum atomic E-state index is -0.673. The molecule has 1 saturated heterocycles. The van der Waals surface area contributed by atoms with E-state index in [9.17, 15) is 9.59 Å². The Labute approximate surface area is 164 Å². The monoisotopic (exact) mass is 386 g/mol. The Morgan fingerprint density at radius 2 is 2.14 bits per heavy atom. The van der Waals surface area contributed by atoms with Crippen LogP contribution in [0.15, 0.2) is 36.5 Å². The van der Waals surface area contributed by atoms with Crippen molar-refractivity contribution in [2.75, 3.05) is 33.4 Å². The molecular weight excluding hydrogens is 360 g/mol. The van der Waals surface area contributed by atoms with Crippen molar-refractivity contribution in [3.63, 3.8) is 0 Å². The number of benzene rings is 1. The van der Waals surface area contributed by atoms with Gasteiger partial charge in [0, 0.05) is 25.8 Å². The first-order chi connectivity index (χ1) is 13.6. The number of methoxy groups -OCH3 is 1. The van der Waals surface area contributed by atoms with Gasteiger partial charge in [0.15, 0.2) is 6.10 Å². The molecule has 8 nitrogen and oxygen atoms in total. The molecule has 0 unspecified atom stereocenters. The molecule has 1 aliphatic rings. The molecule has 150 valence electrons. The SMILES string of the molecule is CCn1nccc1C(=O)N1CCO[C@@H](C(=O)NCCc2ccccc2OC)C1. The number of nitrogens with one attached hydrogen (secondary N) is 1. The maximum absolute atomic E-state index is 12.7. The van der Waals surface area contributed by atoms with Crippen LogP contribution in [0.5, 0.6) is 5.75 Å². The third-order valence-electron chi connectivity index (χ3n) is 4.77. The maximum Gasteiger partial charge on any atom is 0.272 e. The normalized spacial score (nSPS) is 16.6. The lowest BCUT2D eigenvalue weighted by Crippen LogP contribution is -2.52. The van der Waals surface area contributed by atoms with Crippen LogP contribution in [0.1, 0.15) is 23.0 Å². The van der Waals surface area contributed by atoms with Crippen molar-refractivity contribution < 1.29 is 19.1 Å². The molecule has 0 aliphatic carbocycles. The summed E-state index contributed by atoms with van der Waals surface area (Å²) in [6.45, 7) is 4.03. The van der Waals surface area contributed by atoms with Gasteiger partial charge in [-0.05, 0) is 31.0 Å². The zero-order valence-electron chi connectivity index (χ0n) is 16.3. The Hall–Kier alpha value is -2.87. The van der Waals surface area contributed by atoms with Crippen LogP contribution in [0.3, 0.4) is 0 Å². The van der Waals surface area contributed by atoms with Crippen LogP contribution in [0, 0.1) is 0 Å². The lowest BCUT2D eigenvalue weighted by atomic mass is 10.1. The average Bonchev–Trinajstić information content (AvgIpc) is 3.22. The van der Waals surface area contributed by atoms with Gasteiger partial charge in [0.1, 0.15) is 11.4 Å². The molecule has 1 fully saturated rings. The molecule has 0 spiro atoms. The van der Waals surface area contributed by atoms with Crippen LogP contribution in [0.2, 0.25) is 0 Å². The molecule has 2 heterocycles. The maximum atomic E-state index is 12.7. The number of aryl methyl sites for hydroxylation is 1. The Kier molecular flexibility index (Phi) is 6.65. The second-order valence-electron chi connectivity index (χ2n) is 6.50. The van der Waals surface area contributed by atoms with Crippen LogP contribution in [-0.4, -0.2) is 65.9 Å². The van der Waals surface area contributed by atoms with Gasteiger partial charge in [-0.25, -0.2) is 0 Å². The number of morpholine rings is 1. The lowest BCUT2D eigenvalue weighted by Gasteiger charge is -2.32. The molecule has 8 heteroatoms. The number of carbonyl (C=O) groups excluding carboxylic acids is 2. The largest absolute Gasteiger partial charge is 0.496 e. The topological polar surface area (TPSA) is 85.7 Å². The van der Waals surface area contributed by atoms with E-state index in [1.807, 2.05) is 31.2 Å². The summed E-state index contributed by atoms with van der Waals surface area (Å²) in [6.07, 6.45) is 1.59. The molecule has 0 bridgehead atoms. The van der Waals surface area contributed by atoms with Crippen molar-refractivity contribution in [3.8, 4) is 5.75 Å². The van der Waals surface area contributed by atoms with Gasteiger partial charge >= 0.3 is 0 Å². The molecule has 0 radical (unpaired) electrons. The quantitative estimate of drug-likeness (QED) is 0.771. The Bertz CT molecular complexity index is 820. The fraction of sp³-hybridized carbons (Fsp3) is 0.450. The van der Waals surface area contributed by atoms with Gasteiger partial charge in [-0.3, -0.25) is 14.3 Å². The lowest BCUT2D eigenvalue weighted by molar-refractivity contribution is -0.137. The van der Waals surface area contributed by atoms with Crippen molar-refractivity contribution in [2.45, 2.75) is 26.0 Å². The zero-order valence-corrected chi connectivity index (χ0v) is 16.3. The van der Waals surface area contributed by atoms with E-state index >= 15 is 0 Å². The van der Waals surface area contributed by atoms with E-state index in [1.54, 1.807) is 29.0 Å². The molecular formula is C20H26N4O4. The number of aromatic nitrogens is 2. The minimum Gasteiger partial charge on any atom is -0.496 e. The predicted molar refractivity (Wildman–Crippen MR) is 103 cm³/mol. The number of amides is 2. The zero-order chi connectivity index (χ0) is 19.9. The third-order valence-corrected chi connectivity index (χ3v) is 4.77. The summed E-state index contributed by atoms with van der Waals surface area (Å²) in [7, 11) is 1.63. The molecule has 0 saturated carbocycles. The fourth-order valence-corrected chi connectivity index (χ4v) is 3.26. The predicted octanol–water partition coefficient (Wildman–Crippen LogP) is 1.11. The van der Waals surface area contributed by atoms with Gasteiger partial charge < -0.3 is 19.7 Å². The van der Waals surface area contributed by atoms with E-state index in [1.165, 1.54) is 0 Å². The number of ether oxygens (including phenoxy) is 2. The third kappa shape index (κ3) is 4.51. The van der Waals surface area contributed by atoms with Crippen molar-refractivity contribution in [2.24, 2.45) is 0 Å². The van der Waals surface area contributed by atoms with Crippen LogP contribution in [0.4, 0.5) is 0 Å². The second kappa shape index (κ2) is 9.36. The molecule has 28 heavy (non-hydrogen) atoms. The number of hydrogen-bond donors (Lipinski definition) is 1. The van der Waals surface area contributed by atoms with Crippen molar-refractivity contribution >= 4 is 11.8 Å². The number of carbonyl (C=O) groups is 2. The molecule has 1 aromatic heterocycles. The minimum absolute atomic E-state index is 0.130. The number of para-hydroxylation sites is 1. The summed E-state index contributed by atoms with van der Waals surface area (Å²) in [5.74, 6) is 0.459. The summed E-state index contributed by atoms with van der Waals surface area (Å²) in [4.78, 5) is 26.9. The number of rotatable bonds is 7. The molecule has 3 rings (SSSR count). The summed E-state index contributed by atoms with van der Waals surface area (Å²) in [6, 6.07) is 9.41. The van der Waals surface area contributed by atoms with Gasteiger partial charge in [-0.15, -0.1) is 0 Å². The van der Waals surface area contributed by atoms with E-state index < -0.39 is 6.10 Å². The van der Waals surface area contributed by atoms with Gasteiger partial charge in [0.05, 0.1) is 20.3 Å². The highest BCUT2D eigenvalue weighted by Crippen LogP contribution is 2.17. The molecule has 2 amide bonds. The van der Waals surface area contributed by atoms with Crippen LogP contribution in [-0.2, 0) is 22.5 Å². The molecule has 1 aromatic carbocycles. The van der Waals surface area contributed by atoms with Crippen LogP contribution in [0.25, 0.3) is 0 Å². The van der Waals surface area contributed by atoms with Crippen LogP contribution < -0.4 is 10.1 Å². The summed E-state index contributed by atoms with van der Waals surface area (Å²) in [5, 5.41) is 7.03. The standard InChI is InChI=1S/C20H26N4O4/c1-3-24-16(9-11-22-24)20(26)23-12-13-28-18(14-23)19(25)21-10-8-15-6-4-5-7-17(15)27-2/h4-7,9,11,18H,3,8,10,12-14H2,1-2H3,(H,21,25)/t18-/m1/s1. The molecule has 1 N–H and O–H groups in total. The van der Waals surface area contributed by atoms with E-state index in [0.29, 0.717) is 38.4 Å². The first kappa shape index (κ1) is 19.9. The van der Waals surface area contributed by atoms with Gasteiger partial charge in [-0.2, -0.15) is 5.10 Å². The molecule has 2 aromatic rings. The highest BCUT2D eigenvalue weighted by atomic mass is 16.5. The van der Waals surface area contributed by atoms with Crippen LogP contribution >= 0.6 is 0 Å². The van der Waals surface area contributed by atoms with E-state index in [2.05, 4.69) is 10.4 Å². The van der Waals surface area contributed by atoms with E-state index in [0.717, 1.165) is 11.3 Å². The fourth-order valence-electron chi connectivity index (χ4n) is 3.26. The van der Waals surface area contributed by atoms with E-state index in [4.69, 9.17) is 9.47 Å². The summed E-state index contributed by atoms with van der Waals surface area (Å²) < 4.78 is 12.6. The number of nitrogens with zero attached hydrogens (tertiary/aromatic N) is 3. The van der Waals surface area contributed by atoms with Crippen molar-refractivity contribution in [1.82, 2.24) is 20.0 Å². The Morgan fingerprint density at radius 3 is 2.93 bits per heavy atom. The molecule has 1 atom stereocenters. The van der Waals surface area contributed by atoms with Crippen molar-refractivity contribution in [1.29, 1.82) is 0 Å². The van der Waals surface area contributed by atoms with Crippen molar-refractivity contribution in [3.05, 3.63) is 47.8 Å². The molecule has 1 aliphatic heterocycles.